The molecule has 0 bridgehead atoms. The van der Waals surface area contributed by atoms with Crippen LogP contribution in [0.4, 0.5) is 17.6 Å². The van der Waals surface area contributed by atoms with Gasteiger partial charge in [0, 0.05) is 70.5 Å². The molecule has 26 heavy (non-hydrogen) atoms. The van der Waals surface area contributed by atoms with Gasteiger partial charge < -0.3 is 19.3 Å². The Kier molecular flexibility index (Phi) is 4.48. The molecule has 138 valence electrons. The van der Waals surface area contributed by atoms with Crippen molar-refractivity contribution in [2.75, 3.05) is 54.0 Å². The Morgan fingerprint density at radius 3 is 2.35 bits per heavy atom. The molecule has 2 aromatic heterocycles. The Hall–Kier alpha value is -2.64. The van der Waals surface area contributed by atoms with E-state index >= 15 is 0 Å². The van der Waals surface area contributed by atoms with Crippen molar-refractivity contribution < 1.29 is 0 Å². The van der Waals surface area contributed by atoms with Crippen molar-refractivity contribution in [1.82, 2.24) is 19.5 Å². The molecule has 0 N–H and O–H groups in total. The van der Waals surface area contributed by atoms with E-state index in [9.17, 15) is 4.79 Å². The molecule has 4 rings (SSSR count). The van der Waals surface area contributed by atoms with Crippen molar-refractivity contribution in [3.8, 4) is 0 Å². The zero-order valence-electron chi connectivity index (χ0n) is 15.4. The van der Waals surface area contributed by atoms with Crippen LogP contribution in [-0.4, -0.2) is 58.8 Å². The Morgan fingerprint density at radius 2 is 1.62 bits per heavy atom. The van der Waals surface area contributed by atoms with Crippen LogP contribution in [0.5, 0.6) is 0 Å². The third-order valence-corrected chi connectivity index (χ3v) is 5.12. The van der Waals surface area contributed by atoms with Gasteiger partial charge in [-0.3, -0.25) is 4.79 Å². The largest absolute Gasteiger partial charge is 0.353 e. The minimum absolute atomic E-state index is 0.0462. The number of anilines is 3. The highest BCUT2D eigenvalue weighted by atomic mass is 16.1. The fraction of sp³-hybridized carbons (Fsp3) is 0.556. The third-order valence-electron chi connectivity index (χ3n) is 5.12. The van der Waals surface area contributed by atoms with Gasteiger partial charge in [0.25, 0.3) is 5.56 Å². The highest BCUT2D eigenvalue weighted by molar-refractivity contribution is 5.48. The summed E-state index contributed by atoms with van der Waals surface area (Å²) in [4.78, 5) is 32.6. The van der Waals surface area contributed by atoms with Gasteiger partial charge in [0.15, 0.2) is 5.82 Å². The molecule has 0 amide bonds. The van der Waals surface area contributed by atoms with Gasteiger partial charge in [-0.05, 0) is 19.8 Å². The lowest BCUT2D eigenvalue weighted by molar-refractivity contribution is 0.632. The van der Waals surface area contributed by atoms with E-state index in [-0.39, 0.29) is 5.56 Å². The Balaban J connectivity index is 1.49. The van der Waals surface area contributed by atoms with Gasteiger partial charge in [-0.25, -0.2) is 9.97 Å². The zero-order valence-corrected chi connectivity index (χ0v) is 15.4. The van der Waals surface area contributed by atoms with Crippen LogP contribution in [0.2, 0.25) is 0 Å². The summed E-state index contributed by atoms with van der Waals surface area (Å²) in [6.45, 7) is 7.26. The molecule has 0 saturated carbocycles. The van der Waals surface area contributed by atoms with Crippen molar-refractivity contribution >= 4 is 17.6 Å². The number of hydrogen-bond acceptors (Lipinski definition) is 7. The minimum atomic E-state index is -0.0462. The maximum Gasteiger partial charge on any atom is 0.293 e. The number of aryl methyl sites for hydroxylation is 2. The van der Waals surface area contributed by atoms with E-state index in [0.29, 0.717) is 5.82 Å². The molecule has 0 aliphatic carbocycles. The summed E-state index contributed by atoms with van der Waals surface area (Å²) < 4.78 is 1.57. The molecule has 2 aromatic rings. The van der Waals surface area contributed by atoms with E-state index in [0.717, 1.165) is 56.7 Å². The standard InChI is InChI=1S/C18H25N7O/c1-14-13-15(21-18(20-14)25-6-3-4-7-25)23-9-11-24(12-10-23)16-17(26)22(2)8-5-19-16/h5,8,13H,3-4,6-7,9-12H2,1-2H3. The molecule has 2 fully saturated rings. The van der Waals surface area contributed by atoms with Gasteiger partial charge in [-0.15, -0.1) is 0 Å². The van der Waals surface area contributed by atoms with Gasteiger partial charge in [0.05, 0.1) is 0 Å². The van der Waals surface area contributed by atoms with Crippen LogP contribution in [-0.2, 0) is 7.05 Å². The second-order valence-electron chi connectivity index (χ2n) is 7.00. The highest BCUT2D eigenvalue weighted by Crippen LogP contribution is 2.22. The summed E-state index contributed by atoms with van der Waals surface area (Å²) in [5.41, 5.74) is 0.952. The summed E-state index contributed by atoms with van der Waals surface area (Å²) in [5.74, 6) is 2.36. The van der Waals surface area contributed by atoms with Crippen molar-refractivity contribution in [1.29, 1.82) is 0 Å². The van der Waals surface area contributed by atoms with Crippen molar-refractivity contribution in [3.05, 3.63) is 34.5 Å². The first-order valence-corrected chi connectivity index (χ1v) is 9.24. The van der Waals surface area contributed by atoms with E-state index in [2.05, 4.69) is 30.7 Å². The molecular weight excluding hydrogens is 330 g/mol. The first kappa shape index (κ1) is 16.8. The van der Waals surface area contributed by atoms with Gasteiger partial charge in [0.2, 0.25) is 5.95 Å². The predicted octanol–water partition coefficient (Wildman–Crippen LogP) is 0.806. The molecule has 0 unspecified atom stereocenters. The highest BCUT2D eigenvalue weighted by Gasteiger charge is 2.23. The number of nitrogens with zero attached hydrogens (tertiary/aromatic N) is 7. The van der Waals surface area contributed by atoms with Crippen molar-refractivity contribution in [3.63, 3.8) is 0 Å². The second kappa shape index (κ2) is 6.93. The SMILES string of the molecule is Cc1cc(N2CCN(c3nccn(C)c3=O)CC2)nc(N2CCCC2)n1. The normalized spacial score (nSPS) is 17.8. The van der Waals surface area contributed by atoms with Crippen LogP contribution >= 0.6 is 0 Å². The van der Waals surface area contributed by atoms with E-state index < -0.39 is 0 Å². The summed E-state index contributed by atoms with van der Waals surface area (Å²) in [6.07, 6.45) is 5.79. The van der Waals surface area contributed by atoms with E-state index in [1.54, 1.807) is 24.0 Å². The van der Waals surface area contributed by atoms with Crippen molar-refractivity contribution in [2.45, 2.75) is 19.8 Å². The molecule has 0 radical (unpaired) electrons. The number of rotatable bonds is 3. The topological polar surface area (TPSA) is 70.4 Å². The van der Waals surface area contributed by atoms with Crippen LogP contribution < -0.4 is 20.3 Å². The van der Waals surface area contributed by atoms with Crippen LogP contribution in [0.15, 0.2) is 23.3 Å². The Bertz CT molecular complexity index is 836. The van der Waals surface area contributed by atoms with Gasteiger partial charge in [-0.2, -0.15) is 4.98 Å². The van der Waals surface area contributed by atoms with Gasteiger partial charge in [0.1, 0.15) is 5.82 Å². The first-order chi connectivity index (χ1) is 12.6. The number of aromatic nitrogens is 4. The Morgan fingerprint density at radius 1 is 0.923 bits per heavy atom. The lowest BCUT2D eigenvalue weighted by atomic mass is 10.3. The molecule has 8 nitrogen and oxygen atoms in total. The quantitative estimate of drug-likeness (QED) is 0.807. The van der Waals surface area contributed by atoms with Crippen LogP contribution in [0, 0.1) is 6.92 Å². The molecular formula is C18H25N7O. The molecule has 2 saturated heterocycles. The summed E-state index contributed by atoms with van der Waals surface area (Å²) in [7, 11) is 1.76. The maximum absolute atomic E-state index is 12.3. The lowest BCUT2D eigenvalue weighted by Gasteiger charge is -2.36. The first-order valence-electron chi connectivity index (χ1n) is 9.24. The summed E-state index contributed by atoms with van der Waals surface area (Å²) >= 11 is 0. The Labute approximate surface area is 153 Å². The molecule has 2 aliphatic rings. The minimum Gasteiger partial charge on any atom is -0.353 e. The predicted molar refractivity (Wildman–Crippen MR) is 102 cm³/mol. The zero-order chi connectivity index (χ0) is 18.1. The molecule has 4 heterocycles. The molecule has 8 heteroatoms. The summed E-state index contributed by atoms with van der Waals surface area (Å²) in [6, 6.07) is 2.05. The van der Waals surface area contributed by atoms with Crippen LogP contribution in [0.25, 0.3) is 0 Å². The number of hydrogen-bond donors (Lipinski definition) is 0. The lowest BCUT2D eigenvalue weighted by Crippen LogP contribution is -2.49. The molecule has 0 atom stereocenters. The van der Waals surface area contributed by atoms with Gasteiger partial charge >= 0.3 is 0 Å². The maximum atomic E-state index is 12.3. The monoisotopic (exact) mass is 355 g/mol. The van der Waals surface area contributed by atoms with Crippen LogP contribution in [0.3, 0.4) is 0 Å². The fourth-order valence-electron chi connectivity index (χ4n) is 3.61. The smallest absolute Gasteiger partial charge is 0.293 e. The average Bonchev–Trinajstić information content (AvgIpc) is 3.19. The molecule has 0 aromatic carbocycles. The third kappa shape index (κ3) is 3.23. The molecule has 0 spiro atoms. The van der Waals surface area contributed by atoms with E-state index in [1.807, 2.05) is 6.92 Å². The molecule has 2 aliphatic heterocycles. The van der Waals surface area contributed by atoms with E-state index in [1.165, 1.54) is 12.8 Å². The fourth-order valence-corrected chi connectivity index (χ4v) is 3.61. The van der Waals surface area contributed by atoms with E-state index in [4.69, 9.17) is 4.98 Å². The average molecular weight is 355 g/mol. The number of piperazine rings is 1. The summed E-state index contributed by atoms with van der Waals surface area (Å²) in [5, 5.41) is 0. The second-order valence-corrected chi connectivity index (χ2v) is 7.00. The van der Waals surface area contributed by atoms with Crippen LogP contribution in [0.1, 0.15) is 18.5 Å². The van der Waals surface area contributed by atoms with Gasteiger partial charge in [-0.1, -0.05) is 0 Å². The van der Waals surface area contributed by atoms with Crippen molar-refractivity contribution in [2.24, 2.45) is 7.05 Å².